The van der Waals surface area contributed by atoms with Crippen LogP contribution in [0.2, 0.25) is 0 Å². The molecule has 1 aliphatic rings. The third kappa shape index (κ3) is 3.52. The number of rotatable bonds is 5. The number of urea groups is 1. The highest BCUT2D eigenvalue weighted by Gasteiger charge is 2.34. The van der Waals surface area contributed by atoms with Crippen LogP contribution in [0.4, 0.5) is 10.5 Å². The number of nitrogens with zero attached hydrogens (tertiary/aromatic N) is 1. The monoisotopic (exact) mass is 337 g/mol. The molecule has 0 spiro atoms. The van der Waals surface area contributed by atoms with Gasteiger partial charge in [-0.1, -0.05) is 30.3 Å². The van der Waals surface area contributed by atoms with Gasteiger partial charge in [-0.25, -0.2) is 4.79 Å². The molecular formula is C19H19N3O3. The summed E-state index contributed by atoms with van der Waals surface area (Å²) in [6.45, 7) is 2.56. The van der Waals surface area contributed by atoms with Crippen LogP contribution < -0.4 is 10.6 Å². The van der Waals surface area contributed by atoms with Crippen molar-refractivity contribution in [2.75, 3.05) is 18.4 Å². The van der Waals surface area contributed by atoms with Crippen molar-refractivity contribution in [1.29, 1.82) is 0 Å². The molecule has 2 aromatic rings. The molecule has 3 rings (SSSR count). The highest BCUT2D eigenvalue weighted by molar-refractivity contribution is 6.21. The molecule has 1 heterocycles. The fourth-order valence-corrected chi connectivity index (χ4v) is 2.76. The second-order valence-corrected chi connectivity index (χ2v) is 5.86. The molecule has 1 aliphatic heterocycles. The van der Waals surface area contributed by atoms with E-state index in [1.807, 2.05) is 31.2 Å². The second kappa shape index (κ2) is 7.17. The summed E-state index contributed by atoms with van der Waals surface area (Å²) >= 11 is 0. The van der Waals surface area contributed by atoms with Gasteiger partial charge in [0.2, 0.25) is 0 Å². The minimum absolute atomic E-state index is 0.273. The maximum absolute atomic E-state index is 12.2. The zero-order valence-corrected chi connectivity index (χ0v) is 13.9. The number of aryl methyl sites for hydroxylation is 1. The van der Waals surface area contributed by atoms with Gasteiger partial charge in [0, 0.05) is 18.8 Å². The van der Waals surface area contributed by atoms with Crippen molar-refractivity contribution in [3.8, 4) is 0 Å². The summed E-state index contributed by atoms with van der Waals surface area (Å²) in [5.74, 6) is -0.546. The Labute approximate surface area is 145 Å². The Morgan fingerprint density at radius 1 is 0.960 bits per heavy atom. The summed E-state index contributed by atoms with van der Waals surface area (Å²) in [4.78, 5) is 37.6. The fraction of sp³-hybridized carbons (Fsp3) is 0.211. The predicted molar refractivity (Wildman–Crippen MR) is 94.6 cm³/mol. The first-order chi connectivity index (χ1) is 12.1. The Kier molecular flexibility index (Phi) is 4.79. The van der Waals surface area contributed by atoms with Gasteiger partial charge in [0.15, 0.2) is 0 Å². The highest BCUT2D eigenvalue weighted by atomic mass is 16.2. The number of nitrogens with one attached hydrogen (secondary N) is 2. The molecule has 0 bridgehead atoms. The van der Waals surface area contributed by atoms with Crippen molar-refractivity contribution in [1.82, 2.24) is 10.2 Å². The van der Waals surface area contributed by atoms with E-state index in [4.69, 9.17) is 0 Å². The maximum atomic E-state index is 12.2. The topological polar surface area (TPSA) is 78.5 Å². The number of hydrogen-bond acceptors (Lipinski definition) is 3. The SMILES string of the molecule is Cc1ccccc1NC(=O)NCCCN1C(=O)c2ccccc2C1=O. The lowest BCUT2D eigenvalue weighted by Crippen LogP contribution is -2.35. The number of anilines is 1. The third-order valence-electron chi connectivity index (χ3n) is 4.12. The molecule has 0 aliphatic carbocycles. The number of para-hydroxylation sites is 1. The smallest absolute Gasteiger partial charge is 0.319 e. The Hall–Kier alpha value is -3.15. The summed E-state index contributed by atoms with van der Waals surface area (Å²) < 4.78 is 0. The van der Waals surface area contributed by atoms with E-state index in [1.165, 1.54) is 4.90 Å². The largest absolute Gasteiger partial charge is 0.338 e. The molecule has 2 aromatic carbocycles. The minimum atomic E-state index is -0.309. The van der Waals surface area contributed by atoms with Gasteiger partial charge in [-0.3, -0.25) is 14.5 Å². The molecule has 0 unspecified atom stereocenters. The lowest BCUT2D eigenvalue weighted by atomic mass is 10.1. The van der Waals surface area contributed by atoms with E-state index in [-0.39, 0.29) is 24.4 Å². The van der Waals surface area contributed by atoms with E-state index in [0.29, 0.717) is 24.1 Å². The van der Waals surface area contributed by atoms with Crippen LogP contribution in [-0.2, 0) is 0 Å². The minimum Gasteiger partial charge on any atom is -0.338 e. The van der Waals surface area contributed by atoms with Gasteiger partial charge >= 0.3 is 6.03 Å². The number of fused-ring (bicyclic) bond motifs is 1. The van der Waals surface area contributed by atoms with Gasteiger partial charge in [-0.05, 0) is 37.1 Å². The van der Waals surface area contributed by atoms with Crippen molar-refractivity contribution >= 4 is 23.5 Å². The molecule has 6 heteroatoms. The number of benzene rings is 2. The molecular weight excluding hydrogens is 318 g/mol. The summed E-state index contributed by atoms with van der Waals surface area (Å²) in [5, 5.41) is 5.51. The van der Waals surface area contributed by atoms with E-state index in [9.17, 15) is 14.4 Å². The second-order valence-electron chi connectivity index (χ2n) is 5.86. The van der Waals surface area contributed by atoms with E-state index in [2.05, 4.69) is 10.6 Å². The summed E-state index contributed by atoms with van der Waals surface area (Å²) in [6, 6.07) is 14.0. The molecule has 0 aromatic heterocycles. The molecule has 0 saturated heterocycles. The molecule has 25 heavy (non-hydrogen) atoms. The zero-order chi connectivity index (χ0) is 17.8. The Balaban J connectivity index is 1.46. The first-order valence-electron chi connectivity index (χ1n) is 8.13. The molecule has 0 radical (unpaired) electrons. The van der Waals surface area contributed by atoms with Crippen LogP contribution >= 0.6 is 0 Å². The van der Waals surface area contributed by atoms with Gasteiger partial charge < -0.3 is 10.6 Å². The molecule has 0 saturated carbocycles. The standard InChI is InChI=1S/C19H19N3O3/c1-13-7-2-5-10-16(13)21-19(25)20-11-6-12-22-17(23)14-8-3-4-9-15(14)18(22)24/h2-5,7-10H,6,11-12H2,1H3,(H2,20,21,25). The summed E-state index contributed by atoms with van der Waals surface area (Å²) in [5.41, 5.74) is 2.61. The summed E-state index contributed by atoms with van der Waals surface area (Å²) in [6.07, 6.45) is 0.493. The molecule has 2 N–H and O–H groups in total. The van der Waals surface area contributed by atoms with Crippen molar-refractivity contribution in [3.63, 3.8) is 0 Å². The van der Waals surface area contributed by atoms with E-state index in [0.717, 1.165) is 11.3 Å². The number of carbonyl (C=O) groups is 3. The average molecular weight is 337 g/mol. The van der Waals surface area contributed by atoms with Crippen molar-refractivity contribution in [3.05, 3.63) is 65.2 Å². The first kappa shape index (κ1) is 16.7. The van der Waals surface area contributed by atoms with Gasteiger partial charge in [0.25, 0.3) is 11.8 Å². The fourth-order valence-electron chi connectivity index (χ4n) is 2.76. The Morgan fingerprint density at radius 3 is 2.20 bits per heavy atom. The maximum Gasteiger partial charge on any atom is 0.319 e. The molecule has 0 fully saturated rings. The zero-order valence-electron chi connectivity index (χ0n) is 13.9. The first-order valence-corrected chi connectivity index (χ1v) is 8.13. The lowest BCUT2D eigenvalue weighted by Gasteiger charge is -2.14. The average Bonchev–Trinajstić information content (AvgIpc) is 2.86. The van der Waals surface area contributed by atoms with E-state index >= 15 is 0 Å². The Bertz CT molecular complexity index is 797. The van der Waals surface area contributed by atoms with Crippen LogP contribution in [0, 0.1) is 6.92 Å². The highest BCUT2D eigenvalue weighted by Crippen LogP contribution is 2.22. The quantitative estimate of drug-likeness (QED) is 0.650. The van der Waals surface area contributed by atoms with Gasteiger partial charge in [-0.2, -0.15) is 0 Å². The van der Waals surface area contributed by atoms with E-state index in [1.54, 1.807) is 24.3 Å². The van der Waals surface area contributed by atoms with Crippen molar-refractivity contribution < 1.29 is 14.4 Å². The molecule has 6 nitrogen and oxygen atoms in total. The number of imide groups is 1. The van der Waals surface area contributed by atoms with Crippen LogP contribution in [0.25, 0.3) is 0 Å². The van der Waals surface area contributed by atoms with Gasteiger partial charge in [-0.15, -0.1) is 0 Å². The Morgan fingerprint density at radius 2 is 1.56 bits per heavy atom. The predicted octanol–water partition coefficient (Wildman–Crippen LogP) is 2.80. The molecule has 128 valence electrons. The van der Waals surface area contributed by atoms with Crippen LogP contribution in [0.5, 0.6) is 0 Å². The number of carbonyl (C=O) groups excluding carboxylic acids is 3. The number of hydrogen-bond donors (Lipinski definition) is 2. The van der Waals surface area contributed by atoms with Gasteiger partial charge in [0.05, 0.1) is 11.1 Å². The summed E-state index contributed by atoms with van der Waals surface area (Å²) in [7, 11) is 0. The van der Waals surface area contributed by atoms with Crippen molar-refractivity contribution in [2.24, 2.45) is 0 Å². The molecule has 0 atom stereocenters. The third-order valence-corrected chi connectivity index (χ3v) is 4.12. The van der Waals surface area contributed by atoms with E-state index < -0.39 is 0 Å². The van der Waals surface area contributed by atoms with Gasteiger partial charge in [0.1, 0.15) is 0 Å². The normalized spacial score (nSPS) is 12.9. The van der Waals surface area contributed by atoms with Crippen LogP contribution in [0.3, 0.4) is 0 Å². The van der Waals surface area contributed by atoms with Crippen molar-refractivity contribution in [2.45, 2.75) is 13.3 Å². The molecule has 4 amide bonds. The van der Waals surface area contributed by atoms with Crippen LogP contribution in [0.1, 0.15) is 32.7 Å². The van der Waals surface area contributed by atoms with Crippen LogP contribution in [-0.4, -0.2) is 35.8 Å². The number of amides is 4. The lowest BCUT2D eigenvalue weighted by molar-refractivity contribution is 0.0653. The van der Waals surface area contributed by atoms with Crippen LogP contribution in [0.15, 0.2) is 48.5 Å².